The number of anilines is 2. The molecule has 1 atom stereocenters. The van der Waals surface area contributed by atoms with Crippen molar-refractivity contribution in [1.29, 1.82) is 0 Å². The van der Waals surface area contributed by atoms with Crippen molar-refractivity contribution < 1.29 is 4.74 Å². The van der Waals surface area contributed by atoms with Gasteiger partial charge < -0.3 is 15.4 Å². The van der Waals surface area contributed by atoms with Gasteiger partial charge in [-0.25, -0.2) is 4.98 Å². The van der Waals surface area contributed by atoms with Crippen LogP contribution in [0.15, 0.2) is 24.3 Å². The Kier molecular flexibility index (Phi) is 5.13. The Hall–Kier alpha value is -1.66. The molecule has 0 aliphatic heterocycles. The standard InChI is InChI=1S/C17H21N3OS2/c1-3-21-14-7-5-4-6-12(14)18-16(22)20-17-19-13-9-8-11(2)10-15(13)23-17/h4-7,11H,3,8-10H2,1-2H3,(H2,18,19,20,22). The summed E-state index contributed by atoms with van der Waals surface area (Å²) < 4.78 is 5.60. The zero-order chi connectivity index (χ0) is 16.2. The van der Waals surface area contributed by atoms with E-state index in [4.69, 9.17) is 17.0 Å². The first-order chi connectivity index (χ1) is 11.2. The number of fused-ring (bicyclic) bond motifs is 1. The third kappa shape index (κ3) is 4.00. The van der Waals surface area contributed by atoms with Gasteiger partial charge in [-0.2, -0.15) is 0 Å². The van der Waals surface area contributed by atoms with Crippen LogP contribution in [0.1, 0.15) is 30.8 Å². The van der Waals surface area contributed by atoms with Gasteiger partial charge in [-0.15, -0.1) is 11.3 Å². The Balaban J connectivity index is 1.66. The summed E-state index contributed by atoms with van der Waals surface area (Å²) in [7, 11) is 0. The molecule has 2 N–H and O–H groups in total. The molecule has 4 nitrogen and oxygen atoms in total. The Morgan fingerprint density at radius 3 is 3.04 bits per heavy atom. The molecule has 2 aromatic rings. The molecule has 1 aliphatic carbocycles. The SMILES string of the molecule is CCOc1ccccc1NC(=S)Nc1nc2c(s1)CC(C)CC2. The van der Waals surface area contributed by atoms with Gasteiger partial charge in [-0.1, -0.05) is 19.1 Å². The quantitative estimate of drug-likeness (QED) is 0.799. The number of hydrogen-bond donors (Lipinski definition) is 2. The molecule has 0 saturated heterocycles. The van der Waals surface area contributed by atoms with Gasteiger partial charge >= 0.3 is 0 Å². The number of para-hydroxylation sites is 2. The van der Waals surface area contributed by atoms with Crippen LogP contribution in [0.25, 0.3) is 0 Å². The number of aromatic nitrogens is 1. The number of hydrogen-bond acceptors (Lipinski definition) is 4. The number of thiocarbonyl (C=S) groups is 1. The molecule has 23 heavy (non-hydrogen) atoms. The van der Waals surface area contributed by atoms with Crippen LogP contribution in [0.5, 0.6) is 5.75 Å². The van der Waals surface area contributed by atoms with E-state index in [9.17, 15) is 0 Å². The van der Waals surface area contributed by atoms with E-state index in [-0.39, 0.29) is 0 Å². The van der Waals surface area contributed by atoms with Crippen molar-refractivity contribution in [2.24, 2.45) is 5.92 Å². The topological polar surface area (TPSA) is 46.2 Å². The van der Waals surface area contributed by atoms with Crippen molar-refractivity contribution >= 4 is 39.5 Å². The second-order valence-corrected chi connectivity index (χ2v) is 7.24. The molecule has 0 amide bonds. The van der Waals surface area contributed by atoms with Crippen molar-refractivity contribution in [3.63, 3.8) is 0 Å². The van der Waals surface area contributed by atoms with E-state index >= 15 is 0 Å². The predicted molar refractivity (Wildman–Crippen MR) is 101 cm³/mol. The van der Waals surface area contributed by atoms with Crippen LogP contribution in [0.4, 0.5) is 10.8 Å². The second-order valence-electron chi connectivity index (χ2n) is 5.75. The van der Waals surface area contributed by atoms with Gasteiger partial charge in [-0.3, -0.25) is 0 Å². The Morgan fingerprint density at radius 2 is 2.22 bits per heavy atom. The monoisotopic (exact) mass is 347 g/mol. The van der Waals surface area contributed by atoms with Crippen molar-refractivity contribution in [2.75, 3.05) is 17.2 Å². The average molecular weight is 348 g/mol. The number of thiazole rings is 1. The van der Waals surface area contributed by atoms with E-state index in [1.807, 2.05) is 31.2 Å². The highest BCUT2D eigenvalue weighted by molar-refractivity contribution is 7.80. The smallest absolute Gasteiger partial charge is 0.189 e. The van der Waals surface area contributed by atoms with Gasteiger partial charge in [0, 0.05) is 4.88 Å². The lowest BCUT2D eigenvalue weighted by molar-refractivity contribution is 0.342. The van der Waals surface area contributed by atoms with E-state index in [2.05, 4.69) is 22.5 Å². The van der Waals surface area contributed by atoms with Crippen molar-refractivity contribution in [3.05, 3.63) is 34.8 Å². The highest BCUT2D eigenvalue weighted by Crippen LogP contribution is 2.32. The molecule has 122 valence electrons. The highest BCUT2D eigenvalue weighted by Gasteiger charge is 2.20. The molecular weight excluding hydrogens is 326 g/mol. The van der Waals surface area contributed by atoms with Gasteiger partial charge in [0.25, 0.3) is 0 Å². The maximum atomic E-state index is 5.60. The van der Waals surface area contributed by atoms with Crippen LogP contribution < -0.4 is 15.4 Å². The minimum Gasteiger partial charge on any atom is -0.492 e. The van der Waals surface area contributed by atoms with E-state index < -0.39 is 0 Å². The Labute approximate surface area is 146 Å². The molecule has 1 aromatic heterocycles. The fourth-order valence-corrected chi connectivity index (χ4v) is 4.14. The van der Waals surface area contributed by atoms with E-state index in [1.165, 1.54) is 17.0 Å². The van der Waals surface area contributed by atoms with Crippen molar-refractivity contribution in [3.8, 4) is 5.75 Å². The molecule has 0 bridgehead atoms. The summed E-state index contributed by atoms with van der Waals surface area (Å²) in [6.45, 7) is 4.89. The largest absolute Gasteiger partial charge is 0.492 e. The van der Waals surface area contributed by atoms with Gasteiger partial charge in [0.1, 0.15) is 5.75 Å². The minimum atomic E-state index is 0.538. The van der Waals surface area contributed by atoms with Gasteiger partial charge in [0.05, 0.1) is 18.0 Å². The first-order valence-electron chi connectivity index (χ1n) is 7.94. The normalized spacial score (nSPS) is 16.5. The lowest BCUT2D eigenvalue weighted by Crippen LogP contribution is -2.19. The summed E-state index contributed by atoms with van der Waals surface area (Å²) in [5.41, 5.74) is 2.09. The maximum Gasteiger partial charge on any atom is 0.189 e. The van der Waals surface area contributed by atoms with E-state index in [1.54, 1.807) is 11.3 Å². The number of rotatable bonds is 4. The zero-order valence-electron chi connectivity index (χ0n) is 13.4. The summed E-state index contributed by atoms with van der Waals surface area (Å²) in [4.78, 5) is 6.07. The number of ether oxygens (including phenoxy) is 1. The molecule has 1 aromatic carbocycles. The third-order valence-corrected chi connectivity index (χ3v) is 5.08. The first-order valence-corrected chi connectivity index (χ1v) is 9.16. The maximum absolute atomic E-state index is 5.60. The minimum absolute atomic E-state index is 0.538. The van der Waals surface area contributed by atoms with Gasteiger partial charge in [-0.05, 0) is 56.5 Å². The fraction of sp³-hybridized carbons (Fsp3) is 0.412. The van der Waals surface area contributed by atoms with E-state index in [0.717, 1.165) is 35.3 Å². The number of benzene rings is 1. The van der Waals surface area contributed by atoms with Crippen molar-refractivity contribution in [1.82, 2.24) is 4.98 Å². The van der Waals surface area contributed by atoms with Gasteiger partial charge in [0.15, 0.2) is 10.2 Å². The van der Waals surface area contributed by atoms with Crippen LogP contribution in [0, 0.1) is 5.92 Å². The molecule has 6 heteroatoms. The number of nitrogens with one attached hydrogen (secondary N) is 2. The first kappa shape index (κ1) is 16.2. The van der Waals surface area contributed by atoms with Crippen LogP contribution in [-0.2, 0) is 12.8 Å². The van der Waals surface area contributed by atoms with Crippen LogP contribution in [-0.4, -0.2) is 16.7 Å². The average Bonchev–Trinajstić information content (AvgIpc) is 2.90. The molecule has 0 radical (unpaired) electrons. The molecule has 0 spiro atoms. The lowest BCUT2D eigenvalue weighted by atomic mass is 9.93. The lowest BCUT2D eigenvalue weighted by Gasteiger charge is -2.15. The Bertz CT molecular complexity index is 699. The summed E-state index contributed by atoms with van der Waals surface area (Å²) >= 11 is 7.13. The molecular formula is C17H21N3OS2. The third-order valence-electron chi connectivity index (χ3n) is 3.84. The summed E-state index contributed by atoms with van der Waals surface area (Å²) in [5.74, 6) is 1.55. The fourth-order valence-electron chi connectivity index (χ4n) is 2.70. The van der Waals surface area contributed by atoms with Crippen LogP contribution in [0.3, 0.4) is 0 Å². The molecule has 1 heterocycles. The molecule has 1 unspecified atom stereocenters. The second kappa shape index (κ2) is 7.27. The molecule has 3 rings (SSSR count). The predicted octanol–water partition coefficient (Wildman–Crippen LogP) is 4.48. The summed E-state index contributed by atoms with van der Waals surface area (Å²) in [6.07, 6.45) is 3.42. The highest BCUT2D eigenvalue weighted by atomic mass is 32.1. The summed E-state index contributed by atoms with van der Waals surface area (Å²) in [5, 5.41) is 7.81. The van der Waals surface area contributed by atoms with Crippen LogP contribution >= 0.6 is 23.6 Å². The number of nitrogens with zero attached hydrogens (tertiary/aromatic N) is 1. The van der Waals surface area contributed by atoms with Crippen molar-refractivity contribution in [2.45, 2.75) is 33.1 Å². The van der Waals surface area contributed by atoms with Gasteiger partial charge in [0.2, 0.25) is 0 Å². The Morgan fingerprint density at radius 1 is 1.39 bits per heavy atom. The molecule has 1 aliphatic rings. The number of aryl methyl sites for hydroxylation is 1. The van der Waals surface area contributed by atoms with E-state index in [0.29, 0.717) is 11.7 Å². The molecule has 0 saturated carbocycles. The zero-order valence-corrected chi connectivity index (χ0v) is 15.0. The summed E-state index contributed by atoms with van der Waals surface area (Å²) in [6, 6.07) is 7.78. The van der Waals surface area contributed by atoms with Crippen LogP contribution in [0.2, 0.25) is 0 Å². The molecule has 0 fully saturated rings.